The van der Waals surface area contributed by atoms with Crippen molar-refractivity contribution in [2.45, 2.75) is 12.8 Å². The molecule has 9 heteroatoms. The zero-order chi connectivity index (χ0) is 18.7. The van der Waals surface area contributed by atoms with Crippen LogP contribution < -0.4 is 10.6 Å². The standard InChI is InChI=1S/C17H16F3N3O2S/c18-11-3-4-12(15(20)14(11)19)21-16(24)10-5-7-23(8-6-10)17(25)22-13-2-1-9-26-13/h1-4,9-10H,5-8H2,(H,21,24)(H,22,25). The Morgan fingerprint density at radius 3 is 2.42 bits per heavy atom. The molecule has 0 bridgehead atoms. The summed E-state index contributed by atoms with van der Waals surface area (Å²) in [5.74, 6) is -5.28. The highest BCUT2D eigenvalue weighted by Gasteiger charge is 2.28. The molecule has 5 nitrogen and oxygen atoms in total. The molecule has 2 N–H and O–H groups in total. The van der Waals surface area contributed by atoms with Crippen LogP contribution in [0.25, 0.3) is 0 Å². The van der Waals surface area contributed by atoms with Gasteiger partial charge in [-0.3, -0.25) is 10.1 Å². The maximum Gasteiger partial charge on any atom is 0.322 e. The number of carbonyl (C=O) groups is 2. The van der Waals surface area contributed by atoms with Crippen LogP contribution in [0.5, 0.6) is 0 Å². The Morgan fingerprint density at radius 1 is 1.04 bits per heavy atom. The molecule has 1 aliphatic heterocycles. The van der Waals surface area contributed by atoms with E-state index in [0.29, 0.717) is 25.9 Å². The Hall–Kier alpha value is -2.55. The van der Waals surface area contributed by atoms with Gasteiger partial charge in [0.25, 0.3) is 0 Å². The Balaban J connectivity index is 1.54. The van der Waals surface area contributed by atoms with Crippen LogP contribution in [0.15, 0.2) is 29.6 Å². The number of benzene rings is 1. The molecule has 1 aromatic heterocycles. The van der Waals surface area contributed by atoms with E-state index in [0.717, 1.165) is 17.1 Å². The maximum absolute atomic E-state index is 13.6. The molecule has 2 heterocycles. The monoisotopic (exact) mass is 383 g/mol. The third-order valence-corrected chi connectivity index (χ3v) is 4.98. The molecule has 0 radical (unpaired) electrons. The lowest BCUT2D eigenvalue weighted by Gasteiger charge is -2.31. The van der Waals surface area contributed by atoms with E-state index in [9.17, 15) is 22.8 Å². The van der Waals surface area contributed by atoms with Crippen molar-refractivity contribution < 1.29 is 22.8 Å². The summed E-state index contributed by atoms with van der Waals surface area (Å²) in [6, 6.07) is 5.12. The minimum absolute atomic E-state index is 0.238. The summed E-state index contributed by atoms with van der Waals surface area (Å²) < 4.78 is 39.8. The summed E-state index contributed by atoms with van der Waals surface area (Å²) in [4.78, 5) is 26.0. The van der Waals surface area contributed by atoms with E-state index >= 15 is 0 Å². The van der Waals surface area contributed by atoms with Gasteiger partial charge in [0.15, 0.2) is 17.5 Å². The highest BCUT2D eigenvalue weighted by molar-refractivity contribution is 7.14. The molecule has 1 aromatic carbocycles. The first-order valence-electron chi connectivity index (χ1n) is 7.99. The van der Waals surface area contributed by atoms with Gasteiger partial charge in [0, 0.05) is 19.0 Å². The number of likely N-dealkylation sites (tertiary alicyclic amines) is 1. The molecule has 0 spiro atoms. The average Bonchev–Trinajstić information content (AvgIpc) is 3.15. The number of nitrogens with zero attached hydrogens (tertiary/aromatic N) is 1. The topological polar surface area (TPSA) is 61.4 Å². The molecular weight excluding hydrogens is 367 g/mol. The largest absolute Gasteiger partial charge is 0.324 e. The van der Waals surface area contributed by atoms with Gasteiger partial charge >= 0.3 is 6.03 Å². The molecule has 2 aromatic rings. The highest BCUT2D eigenvalue weighted by Crippen LogP contribution is 2.24. The van der Waals surface area contributed by atoms with E-state index in [1.807, 2.05) is 11.4 Å². The average molecular weight is 383 g/mol. The van der Waals surface area contributed by atoms with Crippen LogP contribution in [0.1, 0.15) is 12.8 Å². The lowest BCUT2D eigenvalue weighted by Crippen LogP contribution is -2.43. The molecule has 0 atom stereocenters. The molecule has 0 unspecified atom stereocenters. The fourth-order valence-corrected chi connectivity index (χ4v) is 3.34. The van der Waals surface area contributed by atoms with E-state index < -0.39 is 35.0 Å². The van der Waals surface area contributed by atoms with E-state index in [-0.39, 0.29) is 6.03 Å². The first-order chi connectivity index (χ1) is 12.5. The predicted molar refractivity (Wildman–Crippen MR) is 92.6 cm³/mol. The first-order valence-corrected chi connectivity index (χ1v) is 8.87. The quantitative estimate of drug-likeness (QED) is 0.786. The van der Waals surface area contributed by atoms with E-state index in [4.69, 9.17) is 0 Å². The van der Waals surface area contributed by atoms with Gasteiger partial charge in [0.2, 0.25) is 5.91 Å². The molecule has 3 amide bonds. The number of amides is 3. The Kier molecular flexibility index (Phi) is 5.46. The molecule has 0 saturated carbocycles. The molecule has 1 saturated heterocycles. The Morgan fingerprint density at radius 2 is 1.77 bits per heavy atom. The van der Waals surface area contributed by atoms with Crippen LogP contribution in [0, 0.1) is 23.4 Å². The molecule has 0 aliphatic carbocycles. The number of rotatable bonds is 3. The Bertz CT molecular complexity index is 806. The minimum Gasteiger partial charge on any atom is -0.324 e. The summed E-state index contributed by atoms with van der Waals surface area (Å²) in [7, 11) is 0. The maximum atomic E-state index is 13.6. The second kappa shape index (κ2) is 7.77. The molecule has 1 aliphatic rings. The number of nitrogens with one attached hydrogen (secondary N) is 2. The number of anilines is 2. The van der Waals surface area contributed by atoms with Crippen molar-refractivity contribution in [3.63, 3.8) is 0 Å². The summed E-state index contributed by atoms with van der Waals surface area (Å²) in [6.07, 6.45) is 0.796. The van der Waals surface area contributed by atoms with Crippen molar-refractivity contribution >= 4 is 34.0 Å². The minimum atomic E-state index is -1.62. The number of halogens is 3. The molecule has 3 rings (SSSR count). The van der Waals surface area contributed by atoms with Gasteiger partial charge in [-0.2, -0.15) is 0 Å². The van der Waals surface area contributed by atoms with Crippen molar-refractivity contribution in [2.75, 3.05) is 23.7 Å². The van der Waals surface area contributed by atoms with Crippen molar-refractivity contribution in [3.8, 4) is 0 Å². The van der Waals surface area contributed by atoms with Gasteiger partial charge in [-0.15, -0.1) is 11.3 Å². The van der Waals surface area contributed by atoms with Crippen LogP contribution >= 0.6 is 11.3 Å². The van der Waals surface area contributed by atoms with Crippen LogP contribution in [-0.4, -0.2) is 29.9 Å². The fraction of sp³-hybridized carbons (Fsp3) is 0.294. The SMILES string of the molecule is O=C(Nc1ccc(F)c(F)c1F)C1CCN(C(=O)Nc2cccs2)CC1. The van der Waals surface area contributed by atoms with Crippen molar-refractivity contribution in [1.82, 2.24) is 4.90 Å². The van der Waals surface area contributed by atoms with Crippen LogP contribution in [0.3, 0.4) is 0 Å². The number of urea groups is 1. The first kappa shape index (κ1) is 18.2. The number of thiophene rings is 1. The summed E-state index contributed by atoms with van der Waals surface area (Å²) in [6.45, 7) is 0.741. The van der Waals surface area contributed by atoms with Crippen molar-refractivity contribution in [1.29, 1.82) is 0 Å². The third-order valence-electron chi connectivity index (χ3n) is 4.20. The number of hydrogen-bond donors (Lipinski definition) is 2. The van der Waals surface area contributed by atoms with Gasteiger partial charge in [-0.25, -0.2) is 18.0 Å². The zero-order valence-electron chi connectivity index (χ0n) is 13.6. The number of carbonyl (C=O) groups excluding carboxylic acids is 2. The van der Waals surface area contributed by atoms with Gasteiger partial charge < -0.3 is 10.2 Å². The zero-order valence-corrected chi connectivity index (χ0v) is 14.4. The van der Waals surface area contributed by atoms with E-state index in [1.165, 1.54) is 11.3 Å². The smallest absolute Gasteiger partial charge is 0.322 e. The van der Waals surface area contributed by atoms with Crippen molar-refractivity contribution in [2.24, 2.45) is 5.92 Å². The van der Waals surface area contributed by atoms with Crippen LogP contribution in [0.2, 0.25) is 0 Å². The summed E-state index contributed by atoms with van der Waals surface area (Å²) in [5.41, 5.74) is -0.397. The second-order valence-electron chi connectivity index (χ2n) is 5.88. The third kappa shape index (κ3) is 3.98. The van der Waals surface area contributed by atoms with Crippen LogP contribution in [-0.2, 0) is 4.79 Å². The second-order valence-corrected chi connectivity index (χ2v) is 6.83. The van der Waals surface area contributed by atoms with Crippen LogP contribution in [0.4, 0.5) is 28.7 Å². The molecule has 1 fully saturated rings. The summed E-state index contributed by atoms with van der Waals surface area (Å²) in [5, 5.41) is 7.65. The predicted octanol–water partition coefficient (Wildman–Crippen LogP) is 4.05. The lowest BCUT2D eigenvalue weighted by molar-refractivity contribution is -0.121. The van der Waals surface area contributed by atoms with E-state index in [2.05, 4.69) is 10.6 Å². The summed E-state index contributed by atoms with van der Waals surface area (Å²) >= 11 is 1.41. The van der Waals surface area contributed by atoms with Gasteiger partial charge in [-0.1, -0.05) is 0 Å². The van der Waals surface area contributed by atoms with E-state index in [1.54, 1.807) is 11.0 Å². The highest BCUT2D eigenvalue weighted by atomic mass is 32.1. The van der Waals surface area contributed by atoms with Gasteiger partial charge in [-0.05, 0) is 42.5 Å². The molecular formula is C17H16F3N3O2S. The van der Waals surface area contributed by atoms with Gasteiger partial charge in [0.1, 0.15) is 0 Å². The lowest BCUT2D eigenvalue weighted by atomic mass is 9.96. The Labute approximate surface area is 151 Å². The fourth-order valence-electron chi connectivity index (χ4n) is 2.74. The molecule has 26 heavy (non-hydrogen) atoms. The van der Waals surface area contributed by atoms with Crippen molar-refractivity contribution in [3.05, 3.63) is 47.1 Å². The normalized spacial score (nSPS) is 15.0. The number of piperidine rings is 1. The van der Waals surface area contributed by atoms with Gasteiger partial charge in [0.05, 0.1) is 10.7 Å². The molecule has 138 valence electrons. The number of hydrogen-bond acceptors (Lipinski definition) is 3.